The van der Waals surface area contributed by atoms with Crippen LogP contribution >= 0.6 is 0 Å². The van der Waals surface area contributed by atoms with Crippen molar-refractivity contribution >= 4 is 23.9 Å². The van der Waals surface area contributed by atoms with Crippen LogP contribution in [0.15, 0.2) is 24.5 Å². The first-order valence-corrected chi connectivity index (χ1v) is 7.13. The van der Waals surface area contributed by atoms with Gasteiger partial charge >= 0.3 is 12.2 Å². The molecule has 2 atom stereocenters. The third kappa shape index (κ3) is 6.47. The number of hydrogen-bond donors (Lipinski definition) is 1. The van der Waals surface area contributed by atoms with E-state index in [-0.39, 0.29) is 18.6 Å². The van der Waals surface area contributed by atoms with E-state index in [4.69, 9.17) is 15.0 Å². The van der Waals surface area contributed by atoms with Crippen LogP contribution in [0.5, 0.6) is 5.75 Å². The van der Waals surface area contributed by atoms with Gasteiger partial charge in [0.15, 0.2) is 0 Å². The Bertz CT molecular complexity index is 628. The van der Waals surface area contributed by atoms with Gasteiger partial charge in [0.2, 0.25) is 11.7 Å². The van der Waals surface area contributed by atoms with Crippen LogP contribution in [0.25, 0.3) is 5.53 Å². The lowest BCUT2D eigenvalue weighted by molar-refractivity contribution is -0.141. The summed E-state index contributed by atoms with van der Waals surface area (Å²) in [7, 11) is 1.36. The van der Waals surface area contributed by atoms with Crippen LogP contribution in [0.2, 0.25) is 0 Å². The second kappa shape index (κ2) is 9.98. The normalized spacial score (nSPS) is 12.4. The lowest BCUT2D eigenvalue weighted by atomic mass is 10.1. The minimum atomic E-state index is -1.06. The molecule has 1 rings (SSSR count). The lowest BCUT2D eigenvalue weighted by Crippen LogP contribution is -2.47. The van der Waals surface area contributed by atoms with Crippen LogP contribution in [0.3, 0.4) is 0 Å². The number of hydrogen-bond acceptors (Lipinski definition) is 6. The van der Waals surface area contributed by atoms with Crippen molar-refractivity contribution < 1.29 is 28.6 Å². The minimum Gasteiger partial charge on any atom is -0.425 e. The van der Waals surface area contributed by atoms with Crippen LogP contribution in [-0.4, -0.2) is 52.9 Å². The highest BCUT2D eigenvalue weighted by atomic mass is 16.5. The number of esters is 1. The Labute approximate surface area is 138 Å². The number of methoxy groups -OCH3 is 1. The maximum Gasteiger partial charge on any atom is 0.334 e. The number of nitrogens with one attached hydrogen (secondary N) is 1. The fourth-order valence-corrected chi connectivity index (χ4v) is 1.65. The molecule has 0 aliphatic rings. The van der Waals surface area contributed by atoms with Crippen molar-refractivity contribution in [3.63, 3.8) is 0 Å². The molecule has 0 radical (unpaired) electrons. The topological polar surface area (TPSA) is 131 Å². The number of Topliss-reactive ketones (excluding diaryl/α,β-unsaturated/α-hetero) is 1. The van der Waals surface area contributed by atoms with Gasteiger partial charge in [0, 0.05) is 25.9 Å². The molecule has 0 aliphatic carbocycles. The molecule has 0 bridgehead atoms. The predicted octanol–water partition coefficient (Wildman–Crippen LogP) is 0.157. The maximum atomic E-state index is 12.2. The zero-order chi connectivity index (χ0) is 17.9. The fraction of sp³-hybridized carbons (Fsp3) is 0.400. The quantitative estimate of drug-likeness (QED) is 0.296. The summed E-state index contributed by atoms with van der Waals surface area (Å²) >= 11 is 0. The third-order valence-electron chi connectivity index (χ3n) is 3.07. The Morgan fingerprint density at radius 1 is 1.38 bits per heavy atom. The maximum absolute atomic E-state index is 12.2. The van der Waals surface area contributed by atoms with Crippen molar-refractivity contribution in [1.29, 1.82) is 0 Å². The summed E-state index contributed by atoms with van der Waals surface area (Å²) in [5, 5.41) is 2.47. The molecular formula is C15H18N4O5. The van der Waals surface area contributed by atoms with Gasteiger partial charge < -0.3 is 20.3 Å². The van der Waals surface area contributed by atoms with Crippen molar-refractivity contribution in [1.82, 2.24) is 10.3 Å². The van der Waals surface area contributed by atoms with Crippen LogP contribution < -0.4 is 10.1 Å². The lowest BCUT2D eigenvalue weighted by Gasteiger charge is -2.18. The van der Waals surface area contributed by atoms with Crippen molar-refractivity contribution in [3.8, 4) is 5.75 Å². The molecule has 0 aliphatic heterocycles. The van der Waals surface area contributed by atoms with E-state index in [2.05, 4.69) is 15.1 Å². The van der Waals surface area contributed by atoms with E-state index in [1.807, 2.05) is 0 Å². The Kier molecular flexibility index (Phi) is 7.97. The number of amides is 1. The van der Waals surface area contributed by atoms with Gasteiger partial charge in [0.25, 0.3) is 0 Å². The van der Waals surface area contributed by atoms with E-state index in [0.29, 0.717) is 0 Å². The van der Waals surface area contributed by atoms with Crippen molar-refractivity contribution in [2.75, 3.05) is 7.11 Å². The van der Waals surface area contributed by atoms with Gasteiger partial charge in [-0.15, -0.1) is 0 Å². The first-order valence-electron chi connectivity index (χ1n) is 7.13. The van der Waals surface area contributed by atoms with Crippen molar-refractivity contribution in [3.05, 3.63) is 30.1 Å². The monoisotopic (exact) mass is 334 g/mol. The molecule has 0 saturated heterocycles. The highest BCUT2D eigenvalue weighted by Crippen LogP contribution is 2.10. The number of ether oxygens (including phenoxy) is 2. The number of ketones is 1. The molecule has 24 heavy (non-hydrogen) atoms. The molecule has 0 spiro atoms. The molecule has 1 N–H and O–H groups in total. The van der Waals surface area contributed by atoms with Gasteiger partial charge in [0.05, 0.1) is 0 Å². The molecule has 1 aromatic rings. The van der Waals surface area contributed by atoms with E-state index in [1.54, 1.807) is 0 Å². The summed E-state index contributed by atoms with van der Waals surface area (Å²) in [5.74, 6) is -1.48. The zero-order valence-corrected chi connectivity index (χ0v) is 13.3. The summed E-state index contributed by atoms with van der Waals surface area (Å²) in [5.41, 5.74) is 8.32. The largest absolute Gasteiger partial charge is 0.425 e. The molecule has 1 aromatic heterocycles. The molecule has 128 valence electrons. The number of pyridine rings is 1. The van der Waals surface area contributed by atoms with Gasteiger partial charge in [-0.1, -0.05) is 0 Å². The van der Waals surface area contributed by atoms with E-state index < -0.39 is 29.8 Å². The molecule has 9 heteroatoms. The number of carbonyl (C=O) groups is 3. The molecule has 1 heterocycles. The number of nitrogens with zero attached hydrogens (tertiary/aromatic N) is 3. The van der Waals surface area contributed by atoms with Crippen molar-refractivity contribution in [2.45, 2.75) is 31.9 Å². The Balaban J connectivity index is 2.78. The van der Waals surface area contributed by atoms with E-state index in [9.17, 15) is 14.4 Å². The first-order chi connectivity index (χ1) is 11.5. The van der Waals surface area contributed by atoms with Crippen LogP contribution in [0.1, 0.15) is 19.8 Å². The third-order valence-corrected chi connectivity index (χ3v) is 3.07. The molecule has 9 nitrogen and oxygen atoms in total. The number of rotatable bonds is 9. The Morgan fingerprint density at radius 3 is 2.62 bits per heavy atom. The minimum absolute atomic E-state index is 0.0169. The van der Waals surface area contributed by atoms with Crippen LogP contribution in [0, 0.1) is 0 Å². The van der Waals surface area contributed by atoms with Crippen LogP contribution in [-0.2, 0) is 19.1 Å². The van der Waals surface area contributed by atoms with Crippen molar-refractivity contribution in [2.24, 2.45) is 0 Å². The molecule has 0 unspecified atom stereocenters. The standard InChI is InChI=1S/C15H18N4O5/c1-10(23-2)14(21)19-13(4-3-11(20)9-18-16)15(22)24-12-5-7-17-8-6-12/h5-10,13H,3-4H2,1-2H3,(H,19,21)/t10-,13-/m0/s1. The van der Waals surface area contributed by atoms with Gasteiger partial charge in [0.1, 0.15) is 17.9 Å². The van der Waals surface area contributed by atoms with Gasteiger partial charge in [-0.05, 0) is 25.5 Å². The molecule has 1 amide bonds. The van der Waals surface area contributed by atoms with E-state index in [0.717, 1.165) is 6.21 Å². The fourth-order valence-electron chi connectivity index (χ4n) is 1.65. The van der Waals surface area contributed by atoms with Gasteiger partial charge in [-0.25, -0.2) is 4.79 Å². The summed E-state index contributed by atoms with van der Waals surface area (Å²) in [6.45, 7) is 1.52. The Hall–Kier alpha value is -2.90. The molecule has 0 fully saturated rings. The summed E-state index contributed by atoms with van der Waals surface area (Å²) < 4.78 is 10.0. The molecule has 0 saturated carbocycles. The van der Waals surface area contributed by atoms with Crippen LogP contribution in [0.4, 0.5) is 0 Å². The predicted molar refractivity (Wildman–Crippen MR) is 82.2 cm³/mol. The second-order valence-corrected chi connectivity index (χ2v) is 4.79. The average Bonchev–Trinajstić information content (AvgIpc) is 2.58. The average molecular weight is 334 g/mol. The Morgan fingerprint density at radius 2 is 2.04 bits per heavy atom. The first kappa shape index (κ1) is 19.1. The SMILES string of the molecule is CO[C@@H](C)C(=O)N[C@@H](CCC(=O)C=[N+]=[N-])C(=O)Oc1ccncc1. The molecular weight excluding hydrogens is 316 g/mol. The van der Waals surface area contributed by atoms with Gasteiger partial charge in [-0.2, -0.15) is 4.79 Å². The van der Waals surface area contributed by atoms with E-state index >= 15 is 0 Å². The summed E-state index contributed by atoms with van der Waals surface area (Å²) in [4.78, 5) is 42.0. The summed E-state index contributed by atoms with van der Waals surface area (Å²) in [6, 6.07) is 1.91. The summed E-state index contributed by atoms with van der Waals surface area (Å²) in [6.07, 6.45) is 2.73. The zero-order valence-electron chi connectivity index (χ0n) is 13.3. The second-order valence-electron chi connectivity index (χ2n) is 4.79. The van der Waals surface area contributed by atoms with E-state index in [1.165, 1.54) is 38.6 Å². The highest BCUT2D eigenvalue weighted by molar-refractivity contribution is 6.25. The number of carbonyl (C=O) groups excluding carboxylic acids is 3. The smallest absolute Gasteiger partial charge is 0.334 e. The van der Waals surface area contributed by atoms with Gasteiger partial charge in [-0.3, -0.25) is 14.6 Å². The highest BCUT2D eigenvalue weighted by Gasteiger charge is 2.26. The number of aromatic nitrogens is 1. The molecule has 0 aromatic carbocycles.